The van der Waals surface area contributed by atoms with Crippen molar-refractivity contribution in [2.75, 3.05) is 18.4 Å². The molecule has 0 atom stereocenters. The molecule has 3 rings (SSSR count). The Morgan fingerprint density at radius 2 is 1.79 bits per heavy atom. The summed E-state index contributed by atoms with van der Waals surface area (Å²) in [6.45, 7) is 2.11. The van der Waals surface area contributed by atoms with E-state index >= 15 is 0 Å². The molecule has 0 spiro atoms. The summed E-state index contributed by atoms with van der Waals surface area (Å²) in [5.74, 6) is -0.226. The van der Waals surface area contributed by atoms with Gasteiger partial charge in [0.2, 0.25) is 0 Å². The largest absolute Gasteiger partial charge is 0.380 e. The molecule has 1 aliphatic rings. The summed E-state index contributed by atoms with van der Waals surface area (Å²) in [5.41, 5.74) is 2.28. The Morgan fingerprint density at radius 3 is 2.50 bits per heavy atom. The third kappa shape index (κ3) is 4.06. The van der Waals surface area contributed by atoms with E-state index in [1.165, 1.54) is 18.6 Å². The fourth-order valence-electron chi connectivity index (χ4n) is 2.92. The molecule has 1 amide bonds. The predicted octanol–water partition coefficient (Wildman–Crippen LogP) is 4.72. The molecular weight excluding hydrogens is 327 g/mol. The normalized spacial score (nSPS) is 14.5. The number of rotatable bonds is 4. The molecule has 1 aliphatic heterocycles. The lowest BCUT2D eigenvalue weighted by molar-refractivity contribution is 0.0725. The van der Waals surface area contributed by atoms with Gasteiger partial charge in [0.1, 0.15) is 5.82 Å². The van der Waals surface area contributed by atoms with E-state index in [4.69, 9.17) is 11.6 Å². The highest BCUT2D eigenvalue weighted by atomic mass is 35.5. The van der Waals surface area contributed by atoms with Crippen LogP contribution >= 0.6 is 11.6 Å². The SMILES string of the molecule is O=C(c1ccc(Cl)cc1NCc1ccc(F)cc1)N1CCCCC1. The van der Waals surface area contributed by atoms with Crippen molar-refractivity contribution in [3.8, 4) is 0 Å². The van der Waals surface area contributed by atoms with Gasteiger partial charge in [-0.2, -0.15) is 0 Å². The summed E-state index contributed by atoms with van der Waals surface area (Å²) in [7, 11) is 0. The fourth-order valence-corrected chi connectivity index (χ4v) is 3.09. The molecule has 1 heterocycles. The van der Waals surface area contributed by atoms with Gasteiger partial charge >= 0.3 is 0 Å². The smallest absolute Gasteiger partial charge is 0.255 e. The molecule has 24 heavy (non-hydrogen) atoms. The summed E-state index contributed by atoms with van der Waals surface area (Å²) in [5, 5.41) is 3.83. The van der Waals surface area contributed by atoms with E-state index in [2.05, 4.69) is 5.32 Å². The Balaban J connectivity index is 1.77. The first-order valence-electron chi connectivity index (χ1n) is 8.20. The summed E-state index contributed by atoms with van der Waals surface area (Å²) >= 11 is 6.10. The number of likely N-dealkylation sites (tertiary alicyclic amines) is 1. The highest BCUT2D eigenvalue weighted by Crippen LogP contribution is 2.24. The highest BCUT2D eigenvalue weighted by molar-refractivity contribution is 6.31. The molecule has 5 heteroatoms. The number of carbonyl (C=O) groups is 1. The zero-order chi connectivity index (χ0) is 16.9. The second-order valence-electron chi connectivity index (χ2n) is 6.02. The summed E-state index contributed by atoms with van der Waals surface area (Å²) in [6, 6.07) is 11.6. The van der Waals surface area contributed by atoms with Crippen molar-refractivity contribution >= 4 is 23.2 Å². The van der Waals surface area contributed by atoms with Crippen LogP contribution in [0.5, 0.6) is 0 Å². The number of hydrogen-bond acceptors (Lipinski definition) is 2. The Morgan fingerprint density at radius 1 is 1.08 bits per heavy atom. The minimum atomic E-state index is -0.262. The van der Waals surface area contributed by atoms with Crippen molar-refractivity contribution in [2.24, 2.45) is 0 Å². The van der Waals surface area contributed by atoms with Crippen molar-refractivity contribution in [2.45, 2.75) is 25.8 Å². The van der Waals surface area contributed by atoms with Gasteiger partial charge < -0.3 is 10.2 Å². The minimum absolute atomic E-state index is 0.0352. The van der Waals surface area contributed by atoms with Crippen LogP contribution in [0.1, 0.15) is 35.2 Å². The molecule has 126 valence electrons. The molecular formula is C19H20ClFN2O. The van der Waals surface area contributed by atoms with Crippen LogP contribution in [0.3, 0.4) is 0 Å². The summed E-state index contributed by atoms with van der Waals surface area (Å²) in [4.78, 5) is 14.7. The van der Waals surface area contributed by atoms with E-state index in [0.717, 1.165) is 31.5 Å². The Kier molecular flexibility index (Phi) is 5.36. The van der Waals surface area contributed by atoms with Gasteiger partial charge in [0, 0.05) is 30.3 Å². The summed E-state index contributed by atoms with van der Waals surface area (Å²) < 4.78 is 13.0. The van der Waals surface area contributed by atoms with Gasteiger partial charge in [0.15, 0.2) is 0 Å². The van der Waals surface area contributed by atoms with Crippen LogP contribution in [0.15, 0.2) is 42.5 Å². The average Bonchev–Trinajstić information content (AvgIpc) is 2.61. The molecule has 0 aliphatic carbocycles. The lowest BCUT2D eigenvalue weighted by atomic mass is 10.1. The number of anilines is 1. The maximum Gasteiger partial charge on any atom is 0.255 e. The van der Waals surface area contributed by atoms with Crippen LogP contribution in [-0.2, 0) is 6.54 Å². The van der Waals surface area contributed by atoms with Crippen molar-refractivity contribution in [1.29, 1.82) is 0 Å². The van der Waals surface area contributed by atoms with E-state index in [1.54, 1.807) is 30.3 Å². The third-order valence-corrected chi connectivity index (χ3v) is 4.49. The monoisotopic (exact) mass is 346 g/mol. The zero-order valence-electron chi connectivity index (χ0n) is 13.4. The Labute approximate surface area is 146 Å². The van der Waals surface area contributed by atoms with Crippen LogP contribution in [0.4, 0.5) is 10.1 Å². The number of benzene rings is 2. The molecule has 0 bridgehead atoms. The number of piperidine rings is 1. The molecule has 2 aromatic carbocycles. The van der Waals surface area contributed by atoms with Crippen LogP contribution in [0.25, 0.3) is 0 Å². The van der Waals surface area contributed by atoms with Gasteiger partial charge in [-0.1, -0.05) is 23.7 Å². The number of halogens is 2. The van der Waals surface area contributed by atoms with Gasteiger partial charge in [-0.15, -0.1) is 0 Å². The first-order valence-corrected chi connectivity index (χ1v) is 8.58. The first kappa shape index (κ1) is 16.8. The van der Waals surface area contributed by atoms with Crippen LogP contribution in [-0.4, -0.2) is 23.9 Å². The van der Waals surface area contributed by atoms with Crippen molar-refractivity contribution in [3.05, 3.63) is 64.4 Å². The van der Waals surface area contributed by atoms with E-state index < -0.39 is 0 Å². The molecule has 2 aromatic rings. The minimum Gasteiger partial charge on any atom is -0.380 e. The van der Waals surface area contributed by atoms with Gasteiger partial charge in [-0.25, -0.2) is 4.39 Å². The maximum absolute atomic E-state index is 13.0. The van der Waals surface area contributed by atoms with Crippen molar-refractivity contribution in [3.63, 3.8) is 0 Å². The number of hydrogen-bond donors (Lipinski definition) is 1. The van der Waals surface area contributed by atoms with E-state index in [0.29, 0.717) is 22.8 Å². The molecule has 0 aromatic heterocycles. The second kappa shape index (κ2) is 7.67. The Hall–Kier alpha value is -2.07. The lowest BCUT2D eigenvalue weighted by Crippen LogP contribution is -2.36. The van der Waals surface area contributed by atoms with Gasteiger partial charge in [-0.3, -0.25) is 4.79 Å². The molecule has 1 N–H and O–H groups in total. The number of nitrogens with one attached hydrogen (secondary N) is 1. The first-order chi connectivity index (χ1) is 11.6. The van der Waals surface area contributed by atoms with Crippen LogP contribution < -0.4 is 5.32 Å². The van der Waals surface area contributed by atoms with Gasteiger partial charge in [-0.05, 0) is 55.2 Å². The third-order valence-electron chi connectivity index (χ3n) is 4.25. The van der Waals surface area contributed by atoms with Crippen LogP contribution in [0, 0.1) is 5.82 Å². The maximum atomic E-state index is 13.0. The topological polar surface area (TPSA) is 32.3 Å². The lowest BCUT2D eigenvalue weighted by Gasteiger charge is -2.27. The molecule has 3 nitrogen and oxygen atoms in total. The van der Waals surface area contributed by atoms with Crippen molar-refractivity contribution in [1.82, 2.24) is 4.90 Å². The molecule has 0 saturated carbocycles. The van der Waals surface area contributed by atoms with Crippen LogP contribution in [0.2, 0.25) is 5.02 Å². The predicted molar refractivity (Wildman–Crippen MR) is 94.9 cm³/mol. The molecule has 1 saturated heterocycles. The number of nitrogens with zero attached hydrogens (tertiary/aromatic N) is 1. The molecule has 0 unspecified atom stereocenters. The second-order valence-corrected chi connectivity index (χ2v) is 6.46. The number of amides is 1. The van der Waals surface area contributed by atoms with E-state index in [9.17, 15) is 9.18 Å². The zero-order valence-corrected chi connectivity index (χ0v) is 14.2. The van der Waals surface area contributed by atoms with E-state index in [-0.39, 0.29) is 11.7 Å². The van der Waals surface area contributed by atoms with Gasteiger partial charge in [0.25, 0.3) is 5.91 Å². The average molecular weight is 347 g/mol. The van der Waals surface area contributed by atoms with E-state index in [1.807, 2.05) is 4.90 Å². The molecule has 0 radical (unpaired) electrons. The molecule has 1 fully saturated rings. The standard InChI is InChI=1S/C19H20ClFN2O/c20-15-6-9-17(19(24)23-10-2-1-3-11-23)18(12-15)22-13-14-4-7-16(21)8-5-14/h4-9,12,22H,1-3,10-11,13H2. The number of carbonyl (C=O) groups excluding carboxylic acids is 1. The van der Waals surface area contributed by atoms with Gasteiger partial charge in [0.05, 0.1) is 5.56 Å². The highest BCUT2D eigenvalue weighted by Gasteiger charge is 2.20. The van der Waals surface area contributed by atoms with Crippen molar-refractivity contribution < 1.29 is 9.18 Å². The summed E-state index contributed by atoms with van der Waals surface area (Å²) in [6.07, 6.45) is 3.29. The fraction of sp³-hybridized carbons (Fsp3) is 0.316. The quantitative estimate of drug-likeness (QED) is 0.869. The Bertz CT molecular complexity index is 712.